The van der Waals surface area contributed by atoms with Crippen LogP contribution in [0.2, 0.25) is 0 Å². The summed E-state index contributed by atoms with van der Waals surface area (Å²) in [7, 11) is 0. The van der Waals surface area contributed by atoms with Crippen molar-refractivity contribution >= 4 is 23.3 Å². The number of carbonyl (C=O) groups is 3. The molecule has 0 spiro atoms. The molecule has 2 amide bonds. The summed E-state index contributed by atoms with van der Waals surface area (Å²) in [4.78, 5) is 36.0. The molecule has 2 rings (SSSR count). The molecule has 0 saturated carbocycles. The van der Waals surface area contributed by atoms with Gasteiger partial charge in [-0.3, -0.25) is 14.4 Å². The minimum Gasteiger partial charge on any atom is -0.333 e. The van der Waals surface area contributed by atoms with Crippen LogP contribution in [-0.2, 0) is 9.59 Å². The third kappa shape index (κ3) is 3.40. The van der Waals surface area contributed by atoms with E-state index < -0.39 is 0 Å². The Bertz CT molecular complexity index is 525. The van der Waals surface area contributed by atoms with E-state index in [2.05, 4.69) is 5.32 Å². The van der Waals surface area contributed by atoms with E-state index in [1.54, 1.807) is 29.2 Å². The highest BCUT2D eigenvalue weighted by Crippen LogP contribution is 2.12. The Morgan fingerprint density at radius 3 is 2.79 bits per heavy atom. The van der Waals surface area contributed by atoms with Gasteiger partial charge >= 0.3 is 0 Å². The minimum atomic E-state index is -0.240. The van der Waals surface area contributed by atoms with Gasteiger partial charge in [-0.15, -0.1) is 0 Å². The Hall–Kier alpha value is -2.17. The smallest absolute Gasteiger partial charge is 0.243 e. The van der Waals surface area contributed by atoms with Gasteiger partial charge in [-0.1, -0.05) is 12.1 Å². The molecule has 0 unspecified atom stereocenters. The van der Waals surface area contributed by atoms with Crippen molar-refractivity contribution in [3.63, 3.8) is 0 Å². The van der Waals surface area contributed by atoms with E-state index in [9.17, 15) is 14.4 Å². The summed E-state index contributed by atoms with van der Waals surface area (Å²) >= 11 is 0. The number of nitrogens with zero attached hydrogens (tertiary/aromatic N) is 1. The molecule has 0 atom stereocenters. The van der Waals surface area contributed by atoms with Gasteiger partial charge in [0.05, 0.1) is 6.54 Å². The van der Waals surface area contributed by atoms with Gasteiger partial charge in [0, 0.05) is 24.2 Å². The van der Waals surface area contributed by atoms with Crippen LogP contribution in [0.3, 0.4) is 0 Å². The van der Waals surface area contributed by atoms with Gasteiger partial charge < -0.3 is 10.2 Å². The molecule has 1 fully saturated rings. The van der Waals surface area contributed by atoms with E-state index in [0.29, 0.717) is 24.2 Å². The van der Waals surface area contributed by atoms with Crippen molar-refractivity contribution < 1.29 is 14.4 Å². The van der Waals surface area contributed by atoms with E-state index in [4.69, 9.17) is 0 Å². The molecule has 1 aromatic carbocycles. The molecule has 100 valence electrons. The van der Waals surface area contributed by atoms with Gasteiger partial charge in [0.15, 0.2) is 5.78 Å². The first-order valence-corrected chi connectivity index (χ1v) is 6.25. The third-order valence-electron chi connectivity index (χ3n) is 3.06. The van der Waals surface area contributed by atoms with E-state index >= 15 is 0 Å². The zero-order chi connectivity index (χ0) is 13.8. The Balaban J connectivity index is 1.97. The fraction of sp³-hybridized carbons (Fsp3) is 0.357. The molecule has 1 aliphatic heterocycles. The molecule has 5 nitrogen and oxygen atoms in total. The molecule has 19 heavy (non-hydrogen) atoms. The van der Waals surface area contributed by atoms with Crippen LogP contribution in [-0.4, -0.2) is 35.6 Å². The van der Waals surface area contributed by atoms with Crippen LogP contribution in [0.25, 0.3) is 0 Å². The highest BCUT2D eigenvalue weighted by Gasteiger charge is 2.22. The first kappa shape index (κ1) is 13.3. The summed E-state index contributed by atoms with van der Waals surface area (Å²) in [5.41, 5.74) is 1.12. The number of nitrogens with one attached hydrogen (secondary N) is 1. The van der Waals surface area contributed by atoms with Gasteiger partial charge in [0.2, 0.25) is 11.8 Å². The lowest BCUT2D eigenvalue weighted by Crippen LogP contribution is -2.33. The van der Waals surface area contributed by atoms with Crippen molar-refractivity contribution in [2.45, 2.75) is 19.8 Å². The molecule has 0 aromatic heterocycles. The number of rotatable bonds is 4. The fourth-order valence-electron chi connectivity index (χ4n) is 2.06. The summed E-state index contributed by atoms with van der Waals surface area (Å²) in [6.45, 7) is 2.19. The number of ketones is 1. The molecule has 1 N–H and O–H groups in total. The number of likely N-dealkylation sites (tertiary alicyclic amines) is 1. The number of hydrogen-bond donors (Lipinski definition) is 1. The average Bonchev–Trinajstić information content (AvgIpc) is 2.75. The van der Waals surface area contributed by atoms with Crippen molar-refractivity contribution in [3.05, 3.63) is 29.8 Å². The third-order valence-corrected chi connectivity index (χ3v) is 3.06. The highest BCUT2D eigenvalue weighted by molar-refractivity contribution is 5.98. The van der Waals surface area contributed by atoms with Gasteiger partial charge in [-0.25, -0.2) is 0 Å². The lowest BCUT2D eigenvalue weighted by molar-refractivity contribution is -0.131. The van der Waals surface area contributed by atoms with Gasteiger partial charge in [-0.2, -0.15) is 0 Å². The van der Waals surface area contributed by atoms with Crippen molar-refractivity contribution in [2.24, 2.45) is 0 Å². The van der Waals surface area contributed by atoms with E-state index in [0.717, 1.165) is 6.42 Å². The van der Waals surface area contributed by atoms with Crippen LogP contribution in [0.4, 0.5) is 5.69 Å². The monoisotopic (exact) mass is 260 g/mol. The van der Waals surface area contributed by atoms with Gasteiger partial charge in [0.1, 0.15) is 0 Å². The van der Waals surface area contributed by atoms with Crippen molar-refractivity contribution in [3.8, 4) is 0 Å². The minimum absolute atomic E-state index is 0.0210. The normalized spacial score (nSPS) is 14.6. The number of hydrogen-bond acceptors (Lipinski definition) is 3. The quantitative estimate of drug-likeness (QED) is 0.833. The molecule has 1 aliphatic rings. The summed E-state index contributed by atoms with van der Waals surface area (Å²) < 4.78 is 0. The van der Waals surface area contributed by atoms with Crippen molar-refractivity contribution in [2.75, 3.05) is 18.4 Å². The molecule has 0 aliphatic carbocycles. The van der Waals surface area contributed by atoms with Crippen molar-refractivity contribution in [1.29, 1.82) is 0 Å². The fourth-order valence-corrected chi connectivity index (χ4v) is 2.06. The second-order valence-electron chi connectivity index (χ2n) is 4.60. The van der Waals surface area contributed by atoms with E-state index in [-0.39, 0.29) is 24.1 Å². The van der Waals surface area contributed by atoms with Crippen molar-refractivity contribution in [1.82, 2.24) is 4.90 Å². The van der Waals surface area contributed by atoms with Crippen LogP contribution >= 0.6 is 0 Å². The van der Waals surface area contributed by atoms with Crippen LogP contribution in [0, 0.1) is 0 Å². The number of benzene rings is 1. The Morgan fingerprint density at radius 2 is 2.16 bits per heavy atom. The first-order valence-electron chi connectivity index (χ1n) is 6.25. The topological polar surface area (TPSA) is 66.5 Å². The van der Waals surface area contributed by atoms with E-state index in [1.807, 2.05) is 0 Å². The molecule has 0 bridgehead atoms. The zero-order valence-corrected chi connectivity index (χ0v) is 10.8. The predicted octanol–water partition coefficient (Wildman–Crippen LogP) is 1.45. The standard InChI is InChI=1S/C14H16N2O3/c1-10(17)11-4-2-5-12(8-11)15-13(18)9-16-7-3-6-14(16)19/h2,4-5,8H,3,6-7,9H2,1H3,(H,15,18). The summed E-state index contributed by atoms with van der Waals surface area (Å²) in [5.74, 6) is -0.269. The molecule has 0 radical (unpaired) electrons. The predicted molar refractivity (Wildman–Crippen MR) is 70.9 cm³/mol. The maximum Gasteiger partial charge on any atom is 0.243 e. The molecular formula is C14H16N2O3. The Labute approximate surface area is 111 Å². The lowest BCUT2D eigenvalue weighted by Gasteiger charge is -2.15. The first-order chi connectivity index (χ1) is 9.06. The van der Waals surface area contributed by atoms with Crippen LogP contribution in [0.5, 0.6) is 0 Å². The zero-order valence-electron chi connectivity index (χ0n) is 10.8. The van der Waals surface area contributed by atoms with Crippen LogP contribution < -0.4 is 5.32 Å². The number of Topliss-reactive ketones (excluding diaryl/α,β-unsaturated/α-hetero) is 1. The van der Waals surface area contributed by atoms with Gasteiger partial charge in [0.25, 0.3) is 0 Å². The lowest BCUT2D eigenvalue weighted by atomic mass is 10.1. The molecule has 1 aromatic rings. The average molecular weight is 260 g/mol. The number of amides is 2. The molecule has 1 saturated heterocycles. The highest BCUT2D eigenvalue weighted by atomic mass is 16.2. The second-order valence-corrected chi connectivity index (χ2v) is 4.60. The molecule has 1 heterocycles. The molecule has 5 heteroatoms. The second kappa shape index (κ2) is 5.65. The van der Waals surface area contributed by atoms with Crippen LogP contribution in [0.1, 0.15) is 30.1 Å². The van der Waals surface area contributed by atoms with E-state index in [1.165, 1.54) is 6.92 Å². The number of carbonyl (C=O) groups excluding carboxylic acids is 3. The number of anilines is 1. The van der Waals surface area contributed by atoms with Crippen LogP contribution in [0.15, 0.2) is 24.3 Å². The molecular weight excluding hydrogens is 244 g/mol. The Kier molecular flexibility index (Phi) is 3.94. The van der Waals surface area contributed by atoms with Gasteiger partial charge in [-0.05, 0) is 25.5 Å². The maximum atomic E-state index is 11.8. The largest absolute Gasteiger partial charge is 0.333 e. The SMILES string of the molecule is CC(=O)c1cccc(NC(=O)CN2CCCC2=O)c1. The Morgan fingerprint density at radius 1 is 1.37 bits per heavy atom. The summed E-state index contributed by atoms with van der Waals surface area (Å²) in [6.07, 6.45) is 1.33. The maximum absolute atomic E-state index is 11.8. The summed E-state index contributed by atoms with van der Waals surface area (Å²) in [5, 5.41) is 2.70. The summed E-state index contributed by atoms with van der Waals surface area (Å²) in [6, 6.07) is 6.76.